The van der Waals surface area contributed by atoms with E-state index in [1.807, 2.05) is 6.07 Å². The molecule has 0 saturated carbocycles. The van der Waals surface area contributed by atoms with E-state index in [9.17, 15) is 10.0 Å². The highest BCUT2D eigenvalue weighted by Crippen LogP contribution is 2.17. The Balaban J connectivity index is 2.18. The summed E-state index contributed by atoms with van der Waals surface area (Å²) in [5, 5.41) is 18.9. The lowest BCUT2D eigenvalue weighted by molar-refractivity contribution is -0.0704. The molecule has 1 aromatic carbocycles. The fourth-order valence-electron chi connectivity index (χ4n) is 2.75. The fourth-order valence-corrected chi connectivity index (χ4v) is 2.75. The highest BCUT2D eigenvalue weighted by molar-refractivity contribution is 6.59. The summed E-state index contributed by atoms with van der Waals surface area (Å²) in [6.07, 6.45) is 0.374. The van der Waals surface area contributed by atoms with E-state index in [4.69, 9.17) is 9.47 Å². The first-order valence-electron chi connectivity index (χ1n) is 6.90. The van der Waals surface area contributed by atoms with Gasteiger partial charge in [-0.2, -0.15) is 0 Å². The van der Waals surface area contributed by atoms with E-state index in [0.717, 1.165) is 24.4 Å². The molecule has 1 saturated heterocycles. The van der Waals surface area contributed by atoms with Crippen LogP contribution in [0.1, 0.15) is 19.4 Å². The number of nitrogens with zero attached hydrogens (tertiary/aromatic N) is 1. The van der Waals surface area contributed by atoms with Crippen LogP contribution in [-0.4, -0.2) is 54.5 Å². The molecule has 1 aromatic rings. The molecule has 0 bridgehead atoms. The van der Waals surface area contributed by atoms with Gasteiger partial charge in [-0.1, -0.05) is 6.07 Å². The first kappa shape index (κ1) is 15.3. The molecule has 2 rings (SSSR count). The molecule has 1 aliphatic rings. The summed E-state index contributed by atoms with van der Waals surface area (Å²) in [7, 11) is 0.138. The molecule has 20 heavy (non-hydrogen) atoms. The highest BCUT2D eigenvalue weighted by Gasteiger charge is 2.24. The normalized spacial score (nSPS) is 23.6. The quantitative estimate of drug-likeness (QED) is 0.759. The van der Waals surface area contributed by atoms with Gasteiger partial charge in [0.2, 0.25) is 0 Å². The Morgan fingerprint density at radius 1 is 1.30 bits per heavy atom. The van der Waals surface area contributed by atoms with Gasteiger partial charge in [0, 0.05) is 19.6 Å². The van der Waals surface area contributed by atoms with Gasteiger partial charge < -0.3 is 19.5 Å². The SMILES string of the molecule is COc1ccc(B(O)O)c(CN2C[C@@H](C)O[C@@H](C)C2)c1. The van der Waals surface area contributed by atoms with Gasteiger partial charge in [0.05, 0.1) is 19.3 Å². The predicted molar refractivity (Wildman–Crippen MR) is 78.1 cm³/mol. The van der Waals surface area contributed by atoms with E-state index in [1.54, 1.807) is 19.2 Å². The van der Waals surface area contributed by atoms with Crippen molar-refractivity contribution in [1.82, 2.24) is 4.90 Å². The van der Waals surface area contributed by atoms with Crippen LogP contribution in [0.3, 0.4) is 0 Å². The Morgan fingerprint density at radius 3 is 2.50 bits per heavy atom. The molecule has 110 valence electrons. The Bertz CT molecular complexity index is 445. The molecule has 2 atom stereocenters. The lowest BCUT2D eigenvalue weighted by Gasteiger charge is -2.35. The number of ether oxygens (including phenoxy) is 2. The van der Waals surface area contributed by atoms with E-state index in [2.05, 4.69) is 18.7 Å². The zero-order valence-electron chi connectivity index (χ0n) is 12.2. The average Bonchev–Trinajstić information content (AvgIpc) is 2.37. The summed E-state index contributed by atoms with van der Waals surface area (Å²) in [5.41, 5.74) is 1.40. The van der Waals surface area contributed by atoms with Crippen molar-refractivity contribution in [3.05, 3.63) is 23.8 Å². The van der Waals surface area contributed by atoms with Crippen LogP contribution < -0.4 is 10.2 Å². The minimum absolute atomic E-state index is 0.187. The van der Waals surface area contributed by atoms with Crippen molar-refractivity contribution in [1.29, 1.82) is 0 Å². The third kappa shape index (κ3) is 3.73. The molecule has 2 N–H and O–H groups in total. The monoisotopic (exact) mass is 279 g/mol. The molecule has 1 heterocycles. The standard InChI is InChI=1S/C14H22BNO4/c1-10-7-16(8-11(2)20-10)9-12-6-13(19-3)4-5-14(12)15(17)18/h4-6,10-11,17-18H,7-9H2,1-3H3/t10-,11+. The molecule has 0 radical (unpaired) electrons. The fraction of sp³-hybridized carbons (Fsp3) is 0.571. The first-order chi connectivity index (χ1) is 9.49. The molecular weight excluding hydrogens is 257 g/mol. The van der Waals surface area contributed by atoms with Crippen LogP contribution in [0.5, 0.6) is 5.75 Å². The van der Waals surface area contributed by atoms with Crippen LogP contribution >= 0.6 is 0 Å². The van der Waals surface area contributed by atoms with Crippen LogP contribution in [0.25, 0.3) is 0 Å². The van der Waals surface area contributed by atoms with Crippen molar-refractivity contribution in [3.8, 4) is 5.75 Å². The molecule has 0 unspecified atom stereocenters. The van der Waals surface area contributed by atoms with Crippen molar-refractivity contribution in [2.45, 2.75) is 32.6 Å². The van der Waals surface area contributed by atoms with Crippen molar-refractivity contribution in [2.24, 2.45) is 0 Å². The van der Waals surface area contributed by atoms with Crippen molar-refractivity contribution >= 4 is 12.6 Å². The second kappa shape index (κ2) is 6.58. The lowest BCUT2D eigenvalue weighted by Crippen LogP contribution is -2.46. The third-order valence-corrected chi connectivity index (χ3v) is 3.52. The smallest absolute Gasteiger partial charge is 0.488 e. The number of methoxy groups -OCH3 is 1. The molecule has 0 spiro atoms. The van der Waals surface area contributed by atoms with Gasteiger partial charge in [0.1, 0.15) is 5.75 Å². The Labute approximate surface area is 120 Å². The summed E-state index contributed by atoms with van der Waals surface area (Å²) < 4.78 is 10.9. The maximum atomic E-state index is 9.47. The van der Waals surface area contributed by atoms with Crippen molar-refractivity contribution in [2.75, 3.05) is 20.2 Å². The lowest BCUT2D eigenvalue weighted by atomic mass is 9.76. The van der Waals surface area contributed by atoms with E-state index in [-0.39, 0.29) is 12.2 Å². The van der Waals surface area contributed by atoms with Crippen molar-refractivity contribution < 1.29 is 19.5 Å². The van der Waals surface area contributed by atoms with Gasteiger partial charge in [0.25, 0.3) is 0 Å². The Hall–Kier alpha value is -1.08. The zero-order valence-corrected chi connectivity index (χ0v) is 12.2. The summed E-state index contributed by atoms with van der Waals surface area (Å²) >= 11 is 0. The molecule has 6 heteroatoms. The minimum atomic E-state index is -1.47. The number of benzene rings is 1. The van der Waals surface area contributed by atoms with E-state index in [0.29, 0.717) is 12.0 Å². The van der Waals surface area contributed by atoms with Crippen LogP contribution in [-0.2, 0) is 11.3 Å². The molecule has 1 aliphatic heterocycles. The van der Waals surface area contributed by atoms with Crippen LogP contribution in [0.2, 0.25) is 0 Å². The van der Waals surface area contributed by atoms with Gasteiger partial charge in [0.15, 0.2) is 0 Å². The largest absolute Gasteiger partial charge is 0.497 e. The van der Waals surface area contributed by atoms with Crippen LogP contribution in [0, 0.1) is 0 Å². The zero-order chi connectivity index (χ0) is 14.7. The van der Waals surface area contributed by atoms with E-state index >= 15 is 0 Å². The summed E-state index contributed by atoms with van der Waals surface area (Å²) in [6.45, 7) is 6.43. The topological polar surface area (TPSA) is 62.2 Å². The Kier molecular flexibility index (Phi) is 5.04. The summed E-state index contributed by atoms with van der Waals surface area (Å²) in [5.74, 6) is 0.721. The van der Waals surface area contributed by atoms with Gasteiger partial charge in [-0.25, -0.2) is 0 Å². The van der Waals surface area contributed by atoms with Gasteiger partial charge in [-0.3, -0.25) is 4.90 Å². The highest BCUT2D eigenvalue weighted by atomic mass is 16.5. The van der Waals surface area contributed by atoms with Gasteiger partial charge in [-0.05, 0) is 37.0 Å². The maximum absolute atomic E-state index is 9.47. The van der Waals surface area contributed by atoms with Gasteiger partial charge >= 0.3 is 7.12 Å². The molecule has 0 aromatic heterocycles. The predicted octanol–water partition coefficient (Wildman–Crippen LogP) is -0.0158. The molecule has 0 amide bonds. The second-order valence-electron chi connectivity index (χ2n) is 5.39. The first-order valence-corrected chi connectivity index (χ1v) is 6.90. The summed E-state index contributed by atoms with van der Waals surface area (Å²) in [4.78, 5) is 2.26. The molecule has 5 nitrogen and oxygen atoms in total. The summed E-state index contributed by atoms with van der Waals surface area (Å²) in [6, 6.07) is 5.30. The minimum Gasteiger partial charge on any atom is -0.497 e. The second-order valence-corrected chi connectivity index (χ2v) is 5.39. The van der Waals surface area contributed by atoms with E-state index < -0.39 is 7.12 Å². The maximum Gasteiger partial charge on any atom is 0.488 e. The average molecular weight is 279 g/mol. The van der Waals surface area contributed by atoms with Gasteiger partial charge in [-0.15, -0.1) is 0 Å². The molecule has 1 fully saturated rings. The van der Waals surface area contributed by atoms with E-state index in [1.165, 1.54) is 0 Å². The van der Waals surface area contributed by atoms with Crippen LogP contribution in [0.4, 0.5) is 0 Å². The van der Waals surface area contributed by atoms with Crippen molar-refractivity contribution in [3.63, 3.8) is 0 Å². The Morgan fingerprint density at radius 2 is 1.95 bits per heavy atom. The number of hydrogen-bond donors (Lipinski definition) is 2. The van der Waals surface area contributed by atoms with Crippen LogP contribution in [0.15, 0.2) is 18.2 Å². The number of hydrogen-bond acceptors (Lipinski definition) is 5. The number of rotatable bonds is 4. The number of morpholine rings is 1. The third-order valence-electron chi connectivity index (χ3n) is 3.52. The molecule has 0 aliphatic carbocycles. The molecular formula is C14H22BNO4.